The van der Waals surface area contributed by atoms with Gasteiger partial charge in [-0.1, -0.05) is 11.6 Å². The van der Waals surface area contributed by atoms with Crippen molar-refractivity contribution in [1.29, 1.82) is 0 Å². The second kappa shape index (κ2) is 5.02. The van der Waals surface area contributed by atoms with Gasteiger partial charge in [0, 0.05) is 30.1 Å². The van der Waals surface area contributed by atoms with Crippen molar-refractivity contribution in [2.45, 2.75) is 38.0 Å². The highest BCUT2D eigenvalue weighted by molar-refractivity contribution is 7.16. The van der Waals surface area contributed by atoms with E-state index in [2.05, 4.69) is 0 Å². The summed E-state index contributed by atoms with van der Waals surface area (Å²) in [6, 6.07) is 3.58. The van der Waals surface area contributed by atoms with Crippen LogP contribution in [-0.4, -0.2) is 11.7 Å². The highest BCUT2D eigenvalue weighted by atomic mass is 35.5. The number of carbonyl (C=O) groups is 1. The van der Waals surface area contributed by atoms with Gasteiger partial charge < -0.3 is 0 Å². The van der Waals surface area contributed by atoms with E-state index in [0.717, 1.165) is 4.88 Å². The van der Waals surface area contributed by atoms with E-state index in [9.17, 15) is 13.6 Å². The molecule has 1 aromatic rings. The summed E-state index contributed by atoms with van der Waals surface area (Å²) < 4.78 is 26.5. The van der Waals surface area contributed by atoms with Crippen LogP contribution >= 0.6 is 22.9 Å². The van der Waals surface area contributed by atoms with E-state index in [1.165, 1.54) is 11.3 Å². The number of rotatable bonds is 3. The van der Waals surface area contributed by atoms with Crippen molar-refractivity contribution in [2.75, 3.05) is 0 Å². The first-order chi connectivity index (χ1) is 7.96. The van der Waals surface area contributed by atoms with Crippen LogP contribution in [0.5, 0.6) is 0 Å². The van der Waals surface area contributed by atoms with Gasteiger partial charge in [0.25, 0.3) is 0 Å². The summed E-state index contributed by atoms with van der Waals surface area (Å²) in [6.45, 7) is 0. The van der Waals surface area contributed by atoms with Crippen LogP contribution in [0.1, 0.15) is 30.6 Å². The zero-order valence-corrected chi connectivity index (χ0v) is 10.8. The minimum absolute atomic E-state index is 0.0685. The minimum Gasteiger partial charge on any atom is -0.299 e. The standard InChI is InChI=1S/C12H13ClF2OS/c13-11-2-1-9(17-11)7-10(16)8-3-5-12(14,15)6-4-8/h1-2,8H,3-7H2. The lowest BCUT2D eigenvalue weighted by atomic mass is 9.83. The van der Waals surface area contributed by atoms with E-state index in [-0.39, 0.29) is 24.5 Å². The summed E-state index contributed by atoms with van der Waals surface area (Å²) in [5.74, 6) is -2.70. The van der Waals surface area contributed by atoms with Crippen molar-refractivity contribution in [2.24, 2.45) is 5.92 Å². The van der Waals surface area contributed by atoms with E-state index >= 15 is 0 Å². The molecule has 0 amide bonds. The molecule has 1 aromatic heterocycles. The van der Waals surface area contributed by atoms with Crippen molar-refractivity contribution < 1.29 is 13.6 Å². The number of Topliss-reactive ketones (excluding diaryl/α,β-unsaturated/α-hetero) is 1. The Hall–Kier alpha value is -0.480. The molecule has 94 valence electrons. The molecule has 0 N–H and O–H groups in total. The number of halogens is 3. The fraction of sp³-hybridized carbons (Fsp3) is 0.583. The number of thiophene rings is 1. The van der Waals surface area contributed by atoms with E-state index in [0.29, 0.717) is 23.6 Å². The van der Waals surface area contributed by atoms with Crippen LogP contribution in [0.25, 0.3) is 0 Å². The molecule has 1 heterocycles. The van der Waals surface area contributed by atoms with Gasteiger partial charge in [0.2, 0.25) is 5.92 Å². The Bertz CT molecular complexity index is 406. The molecule has 0 unspecified atom stereocenters. The van der Waals surface area contributed by atoms with Crippen LogP contribution in [0.4, 0.5) is 8.78 Å². The van der Waals surface area contributed by atoms with Crippen molar-refractivity contribution in [3.63, 3.8) is 0 Å². The molecule has 1 nitrogen and oxygen atoms in total. The van der Waals surface area contributed by atoms with Gasteiger partial charge in [-0.25, -0.2) is 8.78 Å². The average Bonchev–Trinajstić information content (AvgIpc) is 2.63. The van der Waals surface area contributed by atoms with Crippen molar-refractivity contribution >= 4 is 28.7 Å². The van der Waals surface area contributed by atoms with Gasteiger partial charge >= 0.3 is 0 Å². The molecule has 0 aliphatic heterocycles. The largest absolute Gasteiger partial charge is 0.299 e. The van der Waals surface area contributed by atoms with Gasteiger partial charge in [0.1, 0.15) is 5.78 Å². The maximum absolute atomic E-state index is 12.9. The summed E-state index contributed by atoms with van der Waals surface area (Å²) in [4.78, 5) is 12.8. The lowest BCUT2D eigenvalue weighted by Gasteiger charge is -2.27. The number of carbonyl (C=O) groups excluding carboxylic acids is 1. The molecule has 1 saturated carbocycles. The monoisotopic (exact) mass is 278 g/mol. The molecule has 1 fully saturated rings. The average molecular weight is 279 g/mol. The lowest BCUT2D eigenvalue weighted by Crippen LogP contribution is -2.29. The smallest absolute Gasteiger partial charge is 0.248 e. The highest BCUT2D eigenvalue weighted by Crippen LogP contribution is 2.37. The van der Waals surface area contributed by atoms with Crippen LogP contribution < -0.4 is 0 Å². The second-order valence-corrected chi connectivity index (χ2v) is 6.28. The topological polar surface area (TPSA) is 17.1 Å². The zero-order valence-electron chi connectivity index (χ0n) is 9.22. The molecule has 0 bridgehead atoms. The summed E-state index contributed by atoms with van der Waals surface area (Å²) in [5, 5.41) is 0. The molecule has 5 heteroatoms. The van der Waals surface area contributed by atoms with Gasteiger partial charge in [-0.05, 0) is 25.0 Å². The fourth-order valence-corrected chi connectivity index (χ4v) is 3.22. The Balaban J connectivity index is 1.89. The minimum atomic E-state index is -2.57. The SMILES string of the molecule is O=C(Cc1ccc(Cl)s1)C1CCC(F)(F)CC1. The van der Waals surface area contributed by atoms with Gasteiger partial charge in [0.15, 0.2) is 0 Å². The molecular weight excluding hydrogens is 266 g/mol. The van der Waals surface area contributed by atoms with E-state index in [1.807, 2.05) is 6.07 Å². The first-order valence-corrected chi connectivity index (χ1v) is 6.80. The molecule has 1 aliphatic carbocycles. The van der Waals surface area contributed by atoms with Gasteiger partial charge in [-0.15, -0.1) is 11.3 Å². The molecular formula is C12H13ClF2OS. The van der Waals surface area contributed by atoms with Crippen molar-refractivity contribution in [3.8, 4) is 0 Å². The third-order valence-corrected chi connectivity index (χ3v) is 4.38. The molecule has 1 aliphatic rings. The Morgan fingerprint density at radius 1 is 1.41 bits per heavy atom. The molecule has 17 heavy (non-hydrogen) atoms. The van der Waals surface area contributed by atoms with E-state index in [4.69, 9.17) is 11.6 Å². The molecule has 0 atom stereocenters. The van der Waals surface area contributed by atoms with Gasteiger partial charge in [0.05, 0.1) is 4.34 Å². The molecule has 0 spiro atoms. The predicted molar refractivity (Wildman–Crippen MR) is 64.9 cm³/mol. The normalized spacial score (nSPS) is 20.4. The maximum atomic E-state index is 12.9. The van der Waals surface area contributed by atoms with Gasteiger partial charge in [-0.3, -0.25) is 4.79 Å². The van der Waals surface area contributed by atoms with E-state index in [1.54, 1.807) is 6.07 Å². The fourth-order valence-electron chi connectivity index (χ4n) is 2.12. The maximum Gasteiger partial charge on any atom is 0.248 e. The summed E-state index contributed by atoms with van der Waals surface area (Å²) in [7, 11) is 0. The number of hydrogen-bond acceptors (Lipinski definition) is 2. The number of ketones is 1. The Kier molecular flexibility index (Phi) is 3.83. The quantitative estimate of drug-likeness (QED) is 0.804. The first-order valence-electron chi connectivity index (χ1n) is 5.61. The Labute approximate surface area is 108 Å². The first kappa shape index (κ1) is 13.0. The van der Waals surface area contributed by atoms with Crippen LogP contribution in [-0.2, 0) is 11.2 Å². The third kappa shape index (κ3) is 3.49. The predicted octanol–water partition coefficient (Wildman–Crippen LogP) is 4.34. The summed E-state index contributed by atoms with van der Waals surface area (Å²) in [5.41, 5.74) is 0. The summed E-state index contributed by atoms with van der Waals surface area (Å²) >= 11 is 7.15. The van der Waals surface area contributed by atoms with Gasteiger partial charge in [-0.2, -0.15) is 0 Å². The number of hydrogen-bond donors (Lipinski definition) is 0. The zero-order chi connectivity index (χ0) is 12.5. The molecule has 2 rings (SSSR count). The van der Waals surface area contributed by atoms with Crippen LogP contribution in [0.3, 0.4) is 0 Å². The summed E-state index contributed by atoms with van der Waals surface area (Å²) in [6.07, 6.45) is 0.632. The molecule has 0 radical (unpaired) electrons. The van der Waals surface area contributed by atoms with Crippen molar-refractivity contribution in [1.82, 2.24) is 0 Å². The number of alkyl halides is 2. The van der Waals surface area contributed by atoms with E-state index < -0.39 is 5.92 Å². The Morgan fingerprint density at radius 2 is 2.06 bits per heavy atom. The Morgan fingerprint density at radius 3 is 2.59 bits per heavy atom. The highest BCUT2D eigenvalue weighted by Gasteiger charge is 2.37. The van der Waals surface area contributed by atoms with Crippen LogP contribution in [0, 0.1) is 5.92 Å². The van der Waals surface area contributed by atoms with Crippen LogP contribution in [0.15, 0.2) is 12.1 Å². The van der Waals surface area contributed by atoms with Crippen molar-refractivity contribution in [3.05, 3.63) is 21.3 Å². The second-order valence-electron chi connectivity index (χ2n) is 4.48. The van der Waals surface area contributed by atoms with Crippen LogP contribution in [0.2, 0.25) is 4.34 Å². The lowest BCUT2D eigenvalue weighted by molar-refractivity contribution is -0.126. The molecule has 0 aromatic carbocycles. The third-order valence-electron chi connectivity index (χ3n) is 3.15. The molecule has 0 saturated heterocycles.